The maximum atomic E-state index is 12.3. The number of carbonyl (C=O) groups excluding carboxylic acids is 1. The van der Waals surface area contributed by atoms with Crippen molar-refractivity contribution >= 4 is 17.5 Å². The Balaban J connectivity index is 2.31. The number of methoxy groups -OCH3 is 2. The molecule has 0 amide bonds. The molecule has 7 nitrogen and oxygen atoms in total. The van der Waals surface area contributed by atoms with Gasteiger partial charge in [0.15, 0.2) is 5.78 Å². The Labute approximate surface area is 137 Å². The Kier molecular flexibility index (Phi) is 5.16. The minimum absolute atomic E-state index is 0.161. The molecule has 0 aromatic heterocycles. The first-order chi connectivity index (χ1) is 11.5. The lowest BCUT2D eigenvalue weighted by Gasteiger charge is -2.08. The number of carbonyl (C=O) groups is 1. The highest BCUT2D eigenvalue weighted by atomic mass is 16.6. The molecule has 0 aliphatic heterocycles. The number of hydrogen-bond donors (Lipinski definition) is 1. The topological polar surface area (TPSA) is 98.9 Å². The number of ketones is 1. The van der Waals surface area contributed by atoms with E-state index in [4.69, 9.17) is 9.47 Å². The minimum Gasteiger partial charge on any atom is -0.507 e. The van der Waals surface area contributed by atoms with E-state index in [9.17, 15) is 20.0 Å². The lowest BCUT2D eigenvalue weighted by Crippen LogP contribution is -1.99. The molecule has 0 radical (unpaired) electrons. The van der Waals surface area contributed by atoms with Crippen molar-refractivity contribution in [3.05, 3.63) is 63.7 Å². The van der Waals surface area contributed by atoms with Crippen LogP contribution < -0.4 is 9.47 Å². The zero-order valence-corrected chi connectivity index (χ0v) is 13.1. The fourth-order valence-corrected chi connectivity index (χ4v) is 2.05. The third-order valence-electron chi connectivity index (χ3n) is 3.31. The van der Waals surface area contributed by atoms with Crippen LogP contribution in [-0.2, 0) is 0 Å². The highest BCUT2D eigenvalue weighted by Gasteiger charge is 2.12. The number of benzene rings is 2. The van der Waals surface area contributed by atoms with Crippen LogP contribution in [0.5, 0.6) is 17.2 Å². The Morgan fingerprint density at radius 2 is 1.92 bits per heavy atom. The van der Waals surface area contributed by atoms with Crippen molar-refractivity contribution in [2.24, 2.45) is 0 Å². The van der Waals surface area contributed by atoms with Crippen LogP contribution in [-0.4, -0.2) is 30.0 Å². The first kappa shape index (κ1) is 17.0. The predicted molar refractivity (Wildman–Crippen MR) is 87.7 cm³/mol. The summed E-state index contributed by atoms with van der Waals surface area (Å²) in [5, 5.41) is 20.5. The van der Waals surface area contributed by atoms with Crippen LogP contribution >= 0.6 is 0 Å². The molecule has 0 atom stereocenters. The Bertz CT molecular complexity index is 813. The van der Waals surface area contributed by atoms with Gasteiger partial charge in [0.2, 0.25) is 0 Å². The van der Waals surface area contributed by atoms with Crippen molar-refractivity contribution in [1.29, 1.82) is 0 Å². The fraction of sp³-hybridized carbons (Fsp3) is 0.118. The number of aromatic hydroxyl groups is 1. The molecule has 0 aliphatic rings. The summed E-state index contributed by atoms with van der Waals surface area (Å²) < 4.78 is 10.2. The molecular formula is C17H15NO6. The van der Waals surface area contributed by atoms with Gasteiger partial charge in [-0.1, -0.05) is 0 Å². The zero-order valence-electron chi connectivity index (χ0n) is 13.1. The van der Waals surface area contributed by atoms with Crippen LogP contribution in [0.2, 0.25) is 0 Å². The van der Waals surface area contributed by atoms with Crippen LogP contribution in [0.25, 0.3) is 6.08 Å². The lowest BCUT2D eigenvalue weighted by atomic mass is 10.1. The van der Waals surface area contributed by atoms with Gasteiger partial charge in [-0.3, -0.25) is 14.9 Å². The van der Waals surface area contributed by atoms with Crippen molar-refractivity contribution in [2.45, 2.75) is 0 Å². The highest BCUT2D eigenvalue weighted by molar-refractivity contribution is 6.08. The van der Waals surface area contributed by atoms with Gasteiger partial charge in [0.25, 0.3) is 5.69 Å². The molecule has 0 spiro atoms. The van der Waals surface area contributed by atoms with E-state index in [2.05, 4.69) is 0 Å². The van der Waals surface area contributed by atoms with Gasteiger partial charge in [0.1, 0.15) is 17.2 Å². The number of rotatable bonds is 6. The first-order valence-electron chi connectivity index (χ1n) is 6.88. The average molecular weight is 329 g/mol. The van der Waals surface area contributed by atoms with Crippen molar-refractivity contribution in [3.8, 4) is 17.2 Å². The van der Waals surface area contributed by atoms with Gasteiger partial charge in [-0.25, -0.2) is 0 Å². The standard InChI is InChI=1S/C17H15NO6/c1-23-13-5-6-14(17(10-13)24-2)16(20)7-3-11-9-12(18(21)22)4-8-15(11)19/h3-10,19H,1-2H3. The number of ether oxygens (including phenoxy) is 2. The lowest BCUT2D eigenvalue weighted by molar-refractivity contribution is -0.384. The van der Waals surface area contributed by atoms with Crippen LogP contribution in [0.3, 0.4) is 0 Å². The molecule has 0 fully saturated rings. The summed E-state index contributed by atoms with van der Waals surface area (Å²) >= 11 is 0. The molecule has 0 aliphatic carbocycles. The summed E-state index contributed by atoms with van der Waals surface area (Å²) in [7, 11) is 2.93. The Morgan fingerprint density at radius 3 is 2.54 bits per heavy atom. The van der Waals surface area contributed by atoms with Crippen molar-refractivity contribution in [3.63, 3.8) is 0 Å². The summed E-state index contributed by atoms with van der Waals surface area (Å²) in [6.07, 6.45) is 2.53. The van der Waals surface area contributed by atoms with Crippen LogP contribution in [0.15, 0.2) is 42.5 Å². The molecule has 0 saturated carbocycles. The number of nitro groups is 1. The van der Waals surface area contributed by atoms with E-state index in [1.54, 1.807) is 18.2 Å². The van der Waals surface area contributed by atoms with E-state index < -0.39 is 4.92 Å². The number of allylic oxidation sites excluding steroid dienone is 1. The fourth-order valence-electron chi connectivity index (χ4n) is 2.05. The molecule has 0 bridgehead atoms. The van der Waals surface area contributed by atoms with Gasteiger partial charge in [0.05, 0.1) is 24.7 Å². The van der Waals surface area contributed by atoms with E-state index in [1.165, 1.54) is 44.6 Å². The zero-order chi connectivity index (χ0) is 17.7. The molecule has 0 saturated heterocycles. The maximum Gasteiger partial charge on any atom is 0.270 e. The molecular weight excluding hydrogens is 314 g/mol. The number of non-ortho nitro benzene ring substituents is 1. The summed E-state index contributed by atoms with van der Waals surface area (Å²) in [4.78, 5) is 22.5. The summed E-state index contributed by atoms with van der Waals surface area (Å²) in [5.41, 5.74) is 0.298. The minimum atomic E-state index is -0.578. The van der Waals surface area contributed by atoms with Gasteiger partial charge in [-0.15, -0.1) is 0 Å². The summed E-state index contributed by atoms with van der Waals surface area (Å²) in [6, 6.07) is 8.32. The molecule has 24 heavy (non-hydrogen) atoms. The number of phenolic OH excluding ortho intramolecular Hbond substituents is 1. The largest absolute Gasteiger partial charge is 0.507 e. The molecule has 1 N–H and O–H groups in total. The second-order valence-electron chi connectivity index (χ2n) is 4.76. The normalized spacial score (nSPS) is 10.6. The average Bonchev–Trinajstić information content (AvgIpc) is 2.59. The van der Waals surface area contributed by atoms with Crippen molar-refractivity contribution in [2.75, 3.05) is 14.2 Å². The second kappa shape index (κ2) is 7.28. The van der Waals surface area contributed by atoms with Gasteiger partial charge >= 0.3 is 0 Å². The third-order valence-corrected chi connectivity index (χ3v) is 3.31. The quantitative estimate of drug-likeness (QED) is 0.378. The van der Waals surface area contributed by atoms with Crippen molar-refractivity contribution in [1.82, 2.24) is 0 Å². The van der Waals surface area contributed by atoms with Gasteiger partial charge in [0, 0.05) is 23.8 Å². The van der Waals surface area contributed by atoms with E-state index >= 15 is 0 Å². The summed E-state index contributed by atoms with van der Waals surface area (Å²) in [6.45, 7) is 0. The molecule has 124 valence electrons. The first-order valence-corrected chi connectivity index (χ1v) is 6.88. The SMILES string of the molecule is COc1ccc(C(=O)C=Cc2cc([N+](=O)[O-])ccc2O)c(OC)c1. The number of phenols is 1. The van der Waals surface area contributed by atoms with Crippen LogP contribution in [0, 0.1) is 10.1 Å². The smallest absolute Gasteiger partial charge is 0.270 e. The number of nitrogens with zero attached hydrogens (tertiary/aromatic N) is 1. The Hall–Kier alpha value is -3.35. The van der Waals surface area contributed by atoms with E-state index in [-0.39, 0.29) is 22.8 Å². The molecule has 7 heteroatoms. The van der Waals surface area contributed by atoms with Gasteiger partial charge in [-0.2, -0.15) is 0 Å². The third kappa shape index (κ3) is 3.70. The molecule has 0 unspecified atom stereocenters. The number of nitro benzene ring substituents is 1. The molecule has 0 heterocycles. The Morgan fingerprint density at radius 1 is 1.17 bits per heavy atom. The predicted octanol–water partition coefficient (Wildman–Crippen LogP) is 3.21. The maximum absolute atomic E-state index is 12.3. The van der Waals surface area contributed by atoms with Gasteiger partial charge < -0.3 is 14.6 Å². The van der Waals surface area contributed by atoms with E-state index in [0.717, 1.165) is 0 Å². The molecule has 2 aromatic rings. The molecule has 2 aromatic carbocycles. The molecule has 2 rings (SSSR count). The highest BCUT2D eigenvalue weighted by Crippen LogP contribution is 2.27. The monoisotopic (exact) mass is 329 g/mol. The van der Waals surface area contributed by atoms with Crippen LogP contribution in [0.1, 0.15) is 15.9 Å². The van der Waals surface area contributed by atoms with E-state index in [1.807, 2.05) is 0 Å². The van der Waals surface area contributed by atoms with Crippen LogP contribution in [0.4, 0.5) is 5.69 Å². The number of hydrogen-bond acceptors (Lipinski definition) is 6. The summed E-state index contributed by atoms with van der Waals surface area (Å²) in [5.74, 6) is 0.350. The second-order valence-corrected chi connectivity index (χ2v) is 4.76. The van der Waals surface area contributed by atoms with E-state index in [0.29, 0.717) is 17.1 Å². The van der Waals surface area contributed by atoms with Crippen molar-refractivity contribution < 1.29 is 24.3 Å². The van der Waals surface area contributed by atoms with Gasteiger partial charge in [-0.05, 0) is 30.4 Å².